The van der Waals surface area contributed by atoms with Crippen LogP contribution in [0.5, 0.6) is 0 Å². The van der Waals surface area contributed by atoms with Crippen LogP contribution in [-0.2, 0) is 14.8 Å². The first-order chi connectivity index (χ1) is 11.3. The number of nitrogens with zero attached hydrogens (tertiary/aromatic N) is 1. The van der Waals surface area contributed by atoms with Crippen molar-refractivity contribution in [1.82, 2.24) is 0 Å². The topological polar surface area (TPSA) is 74.7 Å². The first-order valence-electron chi connectivity index (χ1n) is 7.06. The molecular formula is C16H15F2NO4S. The molecule has 1 N–H and O–H groups in total. The number of hydrogen-bond donors (Lipinski definition) is 1. The number of sulfonamides is 1. The lowest BCUT2D eigenvalue weighted by atomic mass is 10.3. The molecule has 0 aliphatic rings. The van der Waals surface area contributed by atoms with E-state index in [0.29, 0.717) is 0 Å². The minimum Gasteiger partial charge on any atom is -0.481 e. The molecule has 2 aromatic rings. The van der Waals surface area contributed by atoms with Gasteiger partial charge in [0.05, 0.1) is 10.6 Å². The molecule has 0 aliphatic carbocycles. The van der Waals surface area contributed by atoms with Gasteiger partial charge in [0.25, 0.3) is 10.0 Å². The van der Waals surface area contributed by atoms with Crippen molar-refractivity contribution < 1.29 is 27.1 Å². The normalized spacial score (nSPS) is 11.2. The molecule has 2 aromatic carbocycles. The first-order valence-corrected chi connectivity index (χ1v) is 8.50. The van der Waals surface area contributed by atoms with E-state index in [2.05, 4.69) is 0 Å². The summed E-state index contributed by atoms with van der Waals surface area (Å²) < 4.78 is 52.9. The van der Waals surface area contributed by atoms with E-state index in [1.54, 1.807) is 0 Å². The predicted molar refractivity (Wildman–Crippen MR) is 84.2 cm³/mol. The van der Waals surface area contributed by atoms with Crippen LogP contribution in [0, 0.1) is 11.6 Å². The molecule has 2 rings (SSSR count). The Morgan fingerprint density at radius 3 is 2.29 bits per heavy atom. The number of anilines is 1. The zero-order valence-electron chi connectivity index (χ0n) is 12.5. The van der Waals surface area contributed by atoms with E-state index in [4.69, 9.17) is 5.11 Å². The standard InChI is InChI=1S/C16H15F2NO4S/c17-12-6-8-15(9-7-12)24(22,23)19(10-2-5-16(20)21)14-4-1-3-13(18)11-14/h1,3-4,6-9,11H,2,5,10H2,(H,20,21). The number of aliphatic carboxylic acids is 1. The van der Waals surface area contributed by atoms with E-state index in [0.717, 1.165) is 34.6 Å². The smallest absolute Gasteiger partial charge is 0.303 e. The molecule has 0 aromatic heterocycles. The van der Waals surface area contributed by atoms with Crippen LogP contribution in [0.4, 0.5) is 14.5 Å². The van der Waals surface area contributed by atoms with Gasteiger partial charge in [-0.05, 0) is 48.9 Å². The molecule has 0 atom stereocenters. The molecule has 0 amide bonds. The van der Waals surface area contributed by atoms with Gasteiger partial charge in [-0.3, -0.25) is 9.10 Å². The van der Waals surface area contributed by atoms with Crippen molar-refractivity contribution in [2.24, 2.45) is 0 Å². The van der Waals surface area contributed by atoms with Gasteiger partial charge in [0.15, 0.2) is 0 Å². The molecule has 0 aliphatic heterocycles. The quantitative estimate of drug-likeness (QED) is 0.828. The number of rotatable bonds is 7. The van der Waals surface area contributed by atoms with Crippen LogP contribution < -0.4 is 4.31 Å². The Hall–Kier alpha value is -2.48. The lowest BCUT2D eigenvalue weighted by Crippen LogP contribution is -2.32. The monoisotopic (exact) mass is 355 g/mol. The Kier molecular flexibility index (Phi) is 5.50. The lowest BCUT2D eigenvalue weighted by Gasteiger charge is -2.24. The fourth-order valence-electron chi connectivity index (χ4n) is 2.13. The van der Waals surface area contributed by atoms with Crippen LogP contribution in [0.2, 0.25) is 0 Å². The summed E-state index contributed by atoms with van der Waals surface area (Å²) in [6.07, 6.45) is -0.184. The van der Waals surface area contributed by atoms with Gasteiger partial charge < -0.3 is 5.11 Å². The van der Waals surface area contributed by atoms with Gasteiger partial charge in [-0.25, -0.2) is 17.2 Å². The average Bonchev–Trinajstić information content (AvgIpc) is 2.51. The highest BCUT2D eigenvalue weighted by Crippen LogP contribution is 2.25. The summed E-state index contributed by atoms with van der Waals surface area (Å²) in [5.74, 6) is -2.27. The Morgan fingerprint density at radius 1 is 1.04 bits per heavy atom. The Bertz CT molecular complexity index is 822. The molecule has 0 unspecified atom stereocenters. The summed E-state index contributed by atoms with van der Waals surface area (Å²) >= 11 is 0. The van der Waals surface area contributed by atoms with Crippen LogP contribution in [0.1, 0.15) is 12.8 Å². The largest absolute Gasteiger partial charge is 0.481 e. The van der Waals surface area contributed by atoms with Crippen LogP contribution in [0.25, 0.3) is 0 Å². The van der Waals surface area contributed by atoms with E-state index < -0.39 is 27.6 Å². The number of halogens is 2. The van der Waals surface area contributed by atoms with Crippen LogP contribution >= 0.6 is 0 Å². The van der Waals surface area contributed by atoms with Crippen molar-refractivity contribution in [2.75, 3.05) is 10.8 Å². The molecule has 0 heterocycles. The molecule has 5 nitrogen and oxygen atoms in total. The number of hydrogen-bond acceptors (Lipinski definition) is 3. The molecule has 0 spiro atoms. The minimum atomic E-state index is -4.08. The number of carbonyl (C=O) groups is 1. The van der Waals surface area contributed by atoms with Gasteiger partial charge in [0.1, 0.15) is 11.6 Å². The molecule has 0 saturated heterocycles. The Morgan fingerprint density at radius 2 is 1.71 bits per heavy atom. The fraction of sp³-hybridized carbons (Fsp3) is 0.188. The second-order valence-electron chi connectivity index (χ2n) is 5.01. The van der Waals surface area contributed by atoms with Gasteiger partial charge in [-0.2, -0.15) is 0 Å². The first kappa shape index (κ1) is 17.9. The zero-order chi connectivity index (χ0) is 17.7. The van der Waals surface area contributed by atoms with Crippen molar-refractivity contribution >= 4 is 21.7 Å². The molecule has 128 valence electrons. The van der Waals surface area contributed by atoms with Crippen molar-refractivity contribution in [3.8, 4) is 0 Å². The minimum absolute atomic E-state index is 0.0479. The molecule has 24 heavy (non-hydrogen) atoms. The van der Waals surface area contributed by atoms with Crippen LogP contribution in [-0.4, -0.2) is 26.0 Å². The van der Waals surface area contributed by atoms with Crippen molar-refractivity contribution in [3.05, 3.63) is 60.2 Å². The molecule has 8 heteroatoms. The summed E-state index contributed by atoms with van der Waals surface area (Å²) in [7, 11) is -4.08. The number of carboxylic acid groups (broad SMARTS) is 1. The molecule has 0 bridgehead atoms. The van der Waals surface area contributed by atoms with Gasteiger partial charge in [0.2, 0.25) is 0 Å². The second-order valence-corrected chi connectivity index (χ2v) is 6.87. The van der Waals surface area contributed by atoms with E-state index in [-0.39, 0.29) is 30.0 Å². The third kappa shape index (κ3) is 4.29. The third-order valence-electron chi connectivity index (χ3n) is 3.25. The Balaban J connectivity index is 2.40. The van der Waals surface area contributed by atoms with Gasteiger partial charge in [-0.1, -0.05) is 6.07 Å². The summed E-state index contributed by atoms with van der Waals surface area (Å²) in [5, 5.41) is 8.72. The highest BCUT2D eigenvalue weighted by molar-refractivity contribution is 7.92. The maximum atomic E-state index is 13.5. The van der Waals surface area contributed by atoms with E-state index in [1.807, 2.05) is 0 Å². The second kappa shape index (κ2) is 7.39. The Labute approximate surface area is 138 Å². The molecule has 0 fully saturated rings. The molecule has 0 saturated carbocycles. The van der Waals surface area contributed by atoms with Crippen LogP contribution in [0.3, 0.4) is 0 Å². The summed E-state index contributed by atoms with van der Waals surface area (Å²) in [6.45, 7) is -0.143. The van der Waals surface area contributed by atoms with Gasteiger partial charge in [0, 0.05) is 13.0 Å². The summed E-state index contributed by atoms with van der Waals surface area (Å²) in [6, 6.07) is 9.20. The average molecular weight is 355 g/mol. The summed E-state index contributed by atoms with van der Waals surface area (Å²) in [4.78, 5) is 10.5. The number of carboxylic acids is 1. The fourth-order valence-corrected chi connectivity index (χ4v) is 3.62. The molecule has 0 radical (unpaired) electrons. The van der Waals surface area contributed by atoms with Crippen LogP contribution in [0.15, 0.2) is 53.4 Å². The maximum Gasteiger partial charge on any atom is 0.303 e. The summed E-state index contributed by atoms with van der Waals surface area (Å²) in [5.41, 5.74) is 0.0738. The number of benzene rings is 2. The van der Waals surface area contributed by atoms with E-state index >= 15 is 0 Å². The van der Waals surface area contributed by atoms with Crippen molar-refractivity contribution in [2.45, 2.75) is 17.7 Å². The third-order valence-corrected chi connectivity index (χ3v) is 5.09. The highest BCUT2D eigenvalue weighted by atomic mass is 32.2. The SMILES string of the molecule is O=C(O)CCCN(c1cccc(F)c1)S(=O)(=O)c1ccc(F)cc1. The lowest BCUT2D eigenvalue weighted by molar-refractivity contribution is -0.137. The maximum absolute atomic E-state index is 13.5. The highest BCUT2D eigenvalue weighted by Gasteiger charge is 2.25. The zero-order valence-corrected chi connectivity index (χ0v) is 13.3. The van der Waals surface area contributed by atoms with E-state index in [9.17, 15) is 22.0 Å². The van der Waals surface area contributed by atoms with Crippen molar-refractivity contribution in [1.29, 1.82) is 0 Å². The van der Waals surface area contributed by atoms with Gasteiger partial charge >= 0.3 is 5.97 Å². The van der Waals surface area contributed by atoms with Gasteiger partial charge in [-0.15, -0.1) is 0 Å². The predicted octanol–water partition coefficient (Wildman–Crippen LogP) is 3.02. The molecular weight excluding hydrogens is 340 g/mol. The van der Waals surface area contributed by atoms with Crippen molar-refractivity contribution in [3.63, 3.8) is 0 Å². The van der Waals surface area contributed by atoms with E-state index in [1.165, 1.54) is 18.2 Å².